The molecule has 3 rings (SSSR count). The number of nitrogens with zero attached hydrogens (tertiary/aromatic N) is 4. The molecule has 1 aliphatic heterocycles. The molecule has 0 spiro atoms. The molecule has 0 radical (unpaired) electrons. The van der Waals surface area contributed by atoms with Crippen LogP contribution in [0.2, 0.25) is 0 Å². The van der Waals surface area contributed by atoms with Crippen LogP contribution in [0.5, 0.6) is 0 Å². The van der Waals surface area contributed by atoms with E-state index in [4.69, 9.17) is 0 Å². The van der Waals surface area contributed by atoms with Crippen LogP contribution in [0.15, 0.2) is 41.6 Å². The molecule has 110 valence electrons. The zero-order chi connectivity index (χ0) is 14.8. The number of hydrogen-bond donors (Lipinski definition) is 0. The first-order chi connectivity index (χ1) is 10.2. The first-order valence-electron chi connectivity index (χ1n) is 7.67. The molecule has 0 aliphatic carbocycles. The highest BCUT2D eigenvalue weighted by molar-refractivity contribution is 5.76. The lowest BCUT2D eigenvalue weighted by Crippen LogP contribution is -2.29. The predicted molar refractivity (Wildman–Crippen MR) is 86.6 cm³/mol. The second-order valence-electron chi connectivity index (χ2n) is 5.69. The summed E-state index contributed by atoms with van der Waals surface area (Å²) in [5.41, 5.74) is 4.61. The summed E-state index contributed by atoms with van der Waals surface area (Å²) in [6.07, 6.45) is 6.78. The molecule has 4 nitrogen and oxygen atoms in total. The molecule has 2 heterocycles. The van der Waals surface area contributed by atoms with Crippen molar-refractivity contribution in [3.63, 3.8) is 0 Å². The maximum absolute atomic E-state index is 4.26. The number of allylic oxidation sites excluding steroid dienone is 1. The largest absolute Gasteiger partial charge is 0.364 e. The van der Waals surface area contributed by atoms with E-state index < -0.39 is 0 Å². The van der Waals surface area contributed by atoms with E-state index in [2.05, 4.69) is 54.3 Å². The van der Waals surface area contributed by atoms with Gasteiger partial charge in [-0.15, -0.1) is 5.10 Å². The van der Waals surface area contributed by atoms with Gasteiger partial charge in [0, 0.05) is 12.6 Å². The van der Waals surface area contributed by atoms with Gasteiger partial charge in [0.15, 0.2) is 0 Å². The minimum absolute atomic E-state index is 0.470. The van der Waals surface area contributed by atoms with Gasteiger partial charge in [0.2, 0.25) is 0 Å². The molecule has 0 fully saturated rings. The van der Waals surface area contributed by atoms with Gasteiger partial charge < -0.3 is 4.90 Å². The van der Waals surface area contributed by atoms with Crippen LogP contribution in [0.1, 0.15) is 33.6 Å². The molecule has 0 N–H and O–H groups in total. The topological polar surface area (TPSA) is 34.0 Å². The van der Waals surface area contributed by atoms with E-state index in [1.54, 1.807) is 0 Å². The Morgan fingerprint density at radius 1 is 1.29 bits per heavy atom. The van der Waals surface area contributed by atoms with Gasteiger partial charge in [-0.3, -0.25) is 0 Å². The molecular formula is C17H22N4. The Labute approximate surface area is 125 Å². The molecule has 1 aromatic heterocycles. The number of fused-ring (bicyclic) bond motifs is 1. The summed E-state index contributed by atoms with van der Waals surface area (Å²) in [6, 6.07) is 8.53. The monoisotopic (exact) mass is 282 g/mol. The van der Waals surface area contributed by atoms with Crippen molar-refractivity contribution in [2.45, 2.75) is 39.7 Å². The molecule has 1 aromatic carbocycles. The second kappa shape index (κ2) is 5.72. The lowest BCUT2D eigenvalue weighted by atomic mass is 10.2. The Bertz CT molecular complexity index is 696. The molecule has 21 heavy (non-hydrogen) atoms. The molecular weight excluding hydrogens is 260 g/mol. The van der Waals surface area contributed by atoms with Crippen LogP contribution in [0.3, 0.4) is 0 Å². The van der Waals surface area contributed by atoms with Crippen LogP contribution in [0.4, 0.5) is 0 Å². The predicted octanol–water partition coefficient (Wildman–Crippen LogP) is 3.68. The number of hydrogen-bond acceptors (Lipinski definition) is 3. The highest BCUT2D eigenvalue weighted by Crippen LogP contribution is 2.27. The van der Waals surface area contributed by atoms with Gasteiger partial charge >= 0.3 is 0 Å². The lowest BCUT2D eigenvalue weighted by molar-refractivity contribution is 0.319. The van der Waals surface area contributed by atoms with Crippen molar-refractivity contribution in [2.24, 2.45) is 0 Å². The molecule has 1 atom stereocenters. The van der Waals surface area contributed by atoms with Gasteiger partial charge in [0.1, 0.15) is 5.52 Å². The Morgan fingerprint density at radius 2 is 2.10 bits per heavy atom. The van der Waals surface area contributed by atoms with Crippen LogP contribution in [0.25, 0.3) is 17.2 Å². The molecule has 0 saturated carbocycles. The van der Waals surface area contributed by atoms with Crippen molar-refractivity contribution in [1.82, 2.24) is 19.9 Å². The highest BCUT2D eigenvalue weighted by atomic mass is 15.4. The number of rotatable bonds is 4. The van der Waals surface area contributed by atoms with Crippen LogP contribution < -0.4 is 0 Å². The van der Waals surface area contributed by atoms with E-state index in [0.717, 1.165) is 17.6 Å². The third-order valence-electron chi connectivity index (χ3n) is 4.22. The smallest absolute Gasteiger partial charge is 0.113 e. The van der Waals surface area contributed by atoms with E-state index in [0.29, 0.717) is 6.04 Å². The van der Waals surface area contributed by atoms with Gasteiger partial charge in [-0.2, -0.15) is 0 Å². The summed E-state index contributed by atoms with van der Waals surface area (Å²) in [5, 5.41) is 8.47. The fourth-order valence-electron chi connectivity index (χ4n) is 2.78. The standard InChI is InChI=1S/C17H22N4/c1-4-5-10-20-14(3)13(2)11-15(20)12-21-17-9-7-6-8-16(17)18-19-21/h6-9,11-12,14H,4-5,10H2,1-3H3. The molecule has 2 aromatic rings. The second-order valence-corrected chi connectivity index (χ2v) is 5.69. The van der Waals surface area contributed by atoms with Gasteiger partial charge in [0.25, 0.3) is 0 Å². The van der Waals surface area contributed by atoms with Crippen molar-refractivity contribution in [2.75, 3.05) is 6.54 Å². The van der Waals surface area contributed by atoms with E-state index in [1.807, 2.05) is 22.9 Å². The van der Waals surface area contributed by atoms with Crippen molar-refractivity contribution in [1.29, 1.82) is 0 Å². The highest BCUT2D eigenvalue weighted by Gasteiger charge is 2.23. The average molecular weight is 282 g/mol. The maximum atomic E-state index is 4.26. The minimum atomic E-state index is 0.470. The normalized spacial score (nSPS) is 20.5. The summed E-state index contributed by atoms with van der Waals surface area (Å²) in [4.78, 5) is 2.45. The zero-order valence-electron chi connectivity index (χ0n) is 13.0. The number of benzene rings is 1. The molecule has 1 unspecified atom stereocenters. The number of aromatic nitrogens is 3. The average Bonchev–Trinajstić information content (AvgIpc) is 3.01. The van der Waals surface area contributed by atoms with E-state index in [1.165, 1.54) is 24.1 Å². The first kappa shape index (κ1) is 13.9. The Balaban J connectivity index is 1.96. The summed E-state index contributed by atoms with van der Waals surface area (Å²) in [7, 11) is 0. The van der Waals surface area contributed by atoms with Gasteiger partial charge in [-0.1, -0.05) is 30.7 Å². The fourth-order valence-corrected chi connectivity index (χ4v) is 2.78. The first-order valence-corrected chi connectivity index (χ1v) is 7.67. The third-order valence-corrected chi connectivity index (χ3v) is 4.22. The van der Waals surface area contributed by atoms with E-state index >= 15 is 0 Å². The van der Waals surface area contributed by atoms with Gasteiger partial charge in [-0.25, -0.2) is 4.68 Å². The molecule has 4 heteroatoms. The van der Waals surface area contributed by atoms with Gasteiger partial charge in [-0.05, 0) is 44.1 Å². The van der Waals surface area contributed by atoms with E-state index in [-0.39, 0.29) is 0 Å². The quantitative estimate of drug-likeness (QED) is 0.858. The van der Waals surface area contributed by atoms with Crippen LogP contribution in [-0.2, 0) is 0 Å². The third kappa shape index (κ3) is 2.58. The number of para-hydroxylation sites is 1. The zero-order valence-corrected chi connectivity index (χ0v) is 13.0. The van der Waals surface area contributed by atoms with Gasteiger partial charge in [0.05, 0.1) is 17.4 Å². The molecule has 0 bridgehead atoms. The summed E-state index contributed by atoms with van der Waals surface area (Å²) in [5.74, 6) is 0. The van der Waals surface area contributed by atoms with Crippen LogP contribution in [-0.4, -0.2) is 32.5 Å². The summed E-state index contributed by atoms with van der Waals surface area (Å²) >= 11 is 0. The molecule has 0 amide bonds. The van der Waals surface area contributed by atoms with Crippen molar-refractivity contribution in [3.8, 4) is 0 Å². The SMILES string of the molecule is CCCCN1C(=Cn2nnc3ccccc32)C=C(C)C1C. The van der Waals surface area contributed by atoms with Crippen molar-refractivity contribution >= 4 is 17.2 Å². The van der Waals surface area contributed by atoms with Crippen molar-refractivity contribution < 1.29 is 0 Å². The Kier molecular flexibility index (Phi) is 3.78. The number of unbranched alkanes of at least 4 members (excludes halogenated alkanes) is 1. The summed E-state index contributed by atoms with van der Waals surface area (Å²) in [6.45, 7) is 7.78. The fraction of sp³-hybridized carbons (Fsp3) is 0.412. The summed E-state index contributed by atoms with van der Waals surface area (Å²) < 4.78 is 1.88. The minimum Gasteiger partial charge on any atom is -0.364 e. The van der Waals surface area contributed by atoms with Crippen molar-refractivity contribution in [3.05, 3.63) is 41.6 Å². The molecule has 1 aliphatic rings. The Morgan fingerprint density at radius 3 is 2.90 bits per heavy atom. The van der Waals surface area contributed by atoms with E-state index in [9.17, 15) is 0 Å². The Hall–Kier alpha value is -2.10. The van der Waals surface area contributed by atoms with Crippen LogP contribution >= 0.6 is 0 Å². The van der Waals surface area contributed by atoms with Crippen LogP contribution in [0, 0.1) is 0 Å². The lowest BCUT2D eigenvalue weighted by Gasteiger charge is -2.26. The maximum Gasteiger partial charge on any atom is 0.113 e. The molecule has 0 saturated heterocycles.